The van der Waals surface area contributed by atoms with E-state index in [0.29, 0.717) is 9.90 Å². The molecule has 0 spiro atoms. The molecule has 0 unspecified atom stereocenters. The van der Waals surface area contributed by atoms with Gasteiger partial charge in [-0.1, -0.05) is 54.1 Å². The Kier molecular flexibility index (Phi) is 4.70. The number of halogens is 1. The molecule has 0 atom stereocenters. The van der Waals surface area contributed by atoms with Crippen LogP contribution in [0.15, 0.2) is 60.8 Å². The van der Waals surface area contributed by atoms with Crippen molar-refractivity contribution >= 4 is 34.8 Å². The second kappa shape index (κ2) is 6.90. The molecule has 3 aromatic rings. The van der Waals surface area contributed by atoms with Gasteiger partial charge < -0.3 is 0 Å². The highest BCUT2D eigenvalue weighted by atomic mass is 35.5. The first kappa shape index (κ1) is 15.7. The molecule has 0 amide bonds. The van der Waals surface area contributed by atoms with Crippen molar-refractivity contribution < 1.29 is 4.79 Å². The molecule has 0 bridgehead atoms. The molecule has 1 aromatic heterocycles. The van der Waals surface area contributed by atoms with Gasteiger partial charge in [-0.3, -0.25) is 4.79 Å². The van der Waals surface area contributed by atoms with Crippen molar-refractivity contribution in [2.75, 3.05) is 0 Å². The smallest absolute Gasteiger partial charge is 0.197 e. The van der Waals surface area contributed by atoms with Crippen LogP contribution >= 0.6 is 22.9 Å². The topological polar surface area (TPSA) is 30.0 Å². The van der Waals surface area contributed by atoms with Crippen LogP contribution in [0.1, 0.15) is 20.8 Å². The largest absolute Gasteiger partial charge is 0.288 e. The van der Waals surface area contributed by atoms with Crippen molar-refractivity contribution in [3.8, 4) is 10.6 Å². The van der Waals surface area contributed by atoms with Crippen molar-refractivity contribution in [1.82, 2.24) is 4.98 Å². The zero-order valence-electron chi connectivity index (χ0n) is 12.5. The molecule has 3 rings (SSSR count). The molecule has 0 fully saturated rings. The maximum Gasteiger partial charge on any atom is 0.197 e. The number of rotatable bonds is 4. The monoisotopic (exact) mass is 339 g/mol. The molecular weight excluding hydrogens is 326 g/mol. The molecule has 0 radical (unpaired) electrons. The Morgan fingerprint density at radius 2 is 1.87 bits per heavy atom. The molecule has 0 saturated carbocycles. The van der Waals surface area contributed by atoms with Gasteiger partial charge >= 0.3 is 0 Å². The van der Waals surface area contributed by atoms with E-state index in [1.165, 1.54) is 11.3 Å². The standard InChI is InChI=1S/C19H14ClNOS/c1-13-4-2-3-5-14(13)8-11-17(22)18-12-21-19(23-18)15-6-9-16(20)10-7-15/h2-12H,1H3. The Balaban J connectivity index is 1.79. The fraction of sp³-hybridized carbons (Fsp3) is 0.0526. The minimum atomic E-state index is -0.0361. The minimum Gasteiger partial charge on any atom is -0.288 e. The van der Waals surface area contributed by atoms with Crippen LogP contribution in [0, 0.1) is 6.92 Å². The van der Waals surface area contributed by atoms with Crippen molar-refractivity contribution in [3.63, 3.8) is 0 Å². The number of allylic oxidation sites excluding steroid dienone is 1. The van der Waals surface area contributed by atoms with Crippen molar-refractivity contribution in [3.05, 3.63) is 81.8 Å². The van der Waals surface area contributed by atoms with Crippen LogP contribution in [-0.2, 0) is 0 Å². The Hall–Kier alpha value is -2.23. The molecule has 23 heavy (non-hydrogen) atoms. The van der Waals surface area contributed by atoms with E-state index >= 15 is 0 Å². The van der Waals surface area contributed by atoms with Gasteiger partial charge in [0.2, 0.25) is 0 Å². The third-order valence-electron chi connectivity index (χ3n) is 3.44. The van der Waals surface area contributed by atoms with Crippen LogP contribution in [0.2, 0.25) is 5.02 Å². The van der Waals surface area contributed by atoms with Gasteiger partial charge in [-0.25, -0.2) is 4.98 Å². The molecule has 1 heterocycles. The van der Waals surface area contributed by atoms with Gasteiger partial charge in [-0.15, -0.1) is 11.3 Å². The molecular formula is C19H14ClNOS. The van der Waals surface area contributed by atoms with Gasteiger partial charge in [0, 0.05) is 16.8 Å². The summed E-state index contributed by atoms with van der Waals surface area (Å²) in [5, 5.41) is 1.50. The van der Waals surface area contributed by atoms with Crippen LogP contribution in [0.25, 0.3) is 16.6 Å². The normalized spacial score (nSPS) is 11.0. The van der Waals surface area contributed by atoms with Crippen molar-refractivity contribution in [2.45, 2.75) is 6.92 Å². The van der Waals surface area contributed by atoms with Gasteiger partial charge in [0.05, 0.1) is 4.88 Å². The third-order valence-corrected chi connectivity index (χ3v) is 4.76. The number of carbonyl (C=O) groups excluding carboxylic acids is 1. The molecule has 0 aliphatic rings. The van der Waals surface area contributed by atoms with Crippen LogP contribution in [-0.4, -0.2) is 10.8 Å². The summed E-state index contributed by atoms with van der Waals surface area (Å²) in [4.78, 5) is 17.2. The summed E-state index contributed by atoms with van der Waals surface area (Å²) in [6.07, 6.45) is 5.07. The lowest BCUT2D eigenvalue weighted by molar-refractivity contribution is 0.105. The van der Waals surface area contributed by atoms with E-state index in [1.54, 1.807) is 12.3 Å². The van der Waals surface area contributed by atoms with Crippen molar-refractivity contribution in [2.24, 2.45) is 0 Å². The van der Waals surface area contributed by atoms with Gasteiger partial charge in [0.1, 0.15) is 5.01 Å². The SMILES string of the molecule is Cc1ccccc1C=CC(=O)c1cnc(-c2ccc(Cl)cc2)s1. The lowest BCUT2D eigenvalue weighted by Gasteiger charge is -1.97. The molecule has 2 aromatic carbocycles. The lowest BCUT2D eigenvalue weighted by atomic mass is 10.1. The van der Waals surface area contributed by atoms with Crippen LogP contribution in [0.3, 0.4) is 0 Å². The lowest BCUT2D eigenvalue weighted by Crippen LogP contribution is -1.89. The first-order chi connectivity index (χ1) is 11.1. The highest BCUT2D eigenvalue weighted by molar-refractivity contribution is 7.17. The number of aryl methyl sites for hydroxylation is 1. The highest BCUT2D eigenvalue weighted by Crippen LogP contribution is 2.26. The zero-order chi connectivity index (χ0) is 16.2. The Bertz CT molecular complexity index is 865. The third kappa shape index (κ3) is 3.76. The van der Waals surface area contributed by atoms with Crippen molar-refractivity contribution in [1.29, 1.82) is 0 Å². The van der Waals surface area contributed by atoms with E-state index in [-0.39, 0.29) is 5.78 Å². The number of thiazole rings is 1. The molecule has 2 nitrogen and oxygen atoms in total. The predicted molar refractivity (Wildman–Crippen MR) is 97.1 cm³/mol. The number of hydrogen-bond acceptors (Lipinski definition) is 3. The van der Waals surface area contributed by atoms with Gasteiger partial charge in [0.15, 0.2) is 5.78 Å². The van der Waals surface area contributed by atoms with E-state index in [0.717, 1.165) is 21.7 Å². The number of benzene rings is 2. The summed E-state index contributed by atoms with van der Waals surface area (Å²) in [7, 11) is 0. The summed E-state index contributed by atoms with van der Waals surface area (Å²) in [6.45, 7) is 2.02. The van der Waals surface area contributed by atoms with Gasteiger partial charge in [0.25, 0.3) is 0 Å². The van der Waals surface area contributed by atoms with Crippen LogP contribution in [0.5, 0.6) is 0 Å². The van der Waals surface area contributed by atoms with E-state index in [2.05, 4.69) is 4.98 Å². The molecule has 0 aliphatic carbocycles. The Labute approximate surface area is 144 Å². The summed E-state index contributed by atoms with van der Waals surface area (Å²) in [5.74, 6) is -0.0361. The van der Waals surface area contributed by atoms with E-state index < -0.39 is 0 Å². The number of aromatic nitrogens is 1. The number of carbonyl (C=O) groups is 1. The average molecular weight is 340 g/mol. The maximum atomic E-state index is 12.3. The van der Waals surface area contributed by atoms with Gasteiger partial charge in [-0.05, 0) is 36.3 Å². The minimum absolute atomic E-state index is 0.0361. The molecule has 4 heteroatoms. The molecule has 0 saturated heterocycles. The Morgan fingerprint density at radius 3 is 2.61 bits per heavy atom. The van der Waals surface area contributed by atoms with E-state index in [1.807, 2.05) is 61.5 Å². The predicted octanol–water partition coefficient (Wildman–Crippen LogP) is 5.67. The summed E-state index contributed by atoms with van der Waals surface area (Å²) in [5.41, 5.74) is 3.15. The quantitative estimate of drug-likeness (QED) is 0.453. The fourth-order valence-corrected chi connectivity index (χ4v) is 3.10. The summed E-state index contributed by atoms with van der Waals surface area (Å²) in [6, 6.07) is 15.4. The second-order valence-corrected chi connectivity index (χ2v) is 6.56. The molecule has 0 N–H and O–H groups in total. The number of hydrogen-bond donors (Lipinski definition) is 0. The first-order valence-electron chi connectivity index (χ1n) is 7.13. The zero-order valence-corrected chi connectivity index (χ0v) is 14.1. The van der Waals surface area contributed by atoms with E-state index in [9.17, 15) is 4.79 Å². The summed E-state index contributed by atoms with van der Waals surface area (Å²) >= 11 is 7.27. The van der Waals surface area contributed by atoms with E-state index in [4.69, 9.17) is 11.6 Å². The molecule has 0 aliphatic heterocycles. The summed E-state index contributed by atoms with van der Waals surface area (Å²) < 4.78 is 0. The van der Waals surface area contributed by atoms with Crippen LogP contribution in [0.4, 0.5) is 0 Å². The second-order valence-electron chi connectivity index (χ2n) is 5.09. The van der Waals surface area contributed by atoms with Crippen LogP contribution < -0.4 is 0 Å². The highest BCUT2D eigenvalue weighted by Gasteiger charge is 2.09. The maximum absolute atomic E-state index is 12.3. The first-order valence-corrected chi connectivity index (χ1v) is 8.33. The Morgan fingerprint density at radius 1 is 1.13 bits per heavy atom. The number of nitrogens with zero attached hydrogens (tertiary/aromatic N) is 1. The average Bonchev–Trinajstić information content (AvgIpc) is 3.04. The number of ketones is 1. The fourth-order valence-electron chi connectivity index (χ4n) is 2.14. The van der Waals surface area contributed by atoms with Gasteiger partial charge in [-0.2, -0.15) is 0 Å². The molecule has 114 valence electrons.